The molecule has 0 aliphatic heterocycles. The van der Waals surface area contributed by atoms with Gasteiger partial charge in [-0.3, -0.25) is 9.67 Å². The summed E-state index contributed by atoms with van der Waals surface area (Å²) in [6, 6.07) is 9.17. The summed E-state index contributed by atoms with van der Waals surface area (Å²) in [5.74, 6) is 1.35. The van der Waals surface area contributed by atoms with Gasteiger partial charge in [0, 0.05) is 17.7 Å². The number of rotatable bonds is 6. The van der Waals surface area contributed by atoms with Crippen LogP contribution in [0.2, 0.25) is 5.02 Å². The lowest BCUT2D eigenvalue weighted by Crippen LogP contribution is -2.16. The molecule has 0 saturated heterocycles. The average molecular weight is 413 g/mol. The van der Waals surface area contributed by atoms with Crippen LogP contribution in [-0.4, -0.2) is 36.4 Å². The first kappa shape index (κ1) is 18.1. The number of halogens is 2. The van der Waals surface area contributed by atoms with Crippen molar-refractivity contribution in [3.63, 3.8) is 0 Å². The first-order chi connectivity index (χ1) is 14.1. The number of imidazole rings is 1. The van der Waals surface area contributed by atoms with Crippen LogP contribution < -0.4 is 5.32 Å². The van der Waals surface area contributed by atoms with Crippen LogP contribution in [0.4, 0.5) is 10.2 Å². The second-order valence-corrected chi connectivity index (χ2v) is 7.57. The first-order valence-corrected chi connectivity index (χ1v) is 9.72. The number of nitrogens with one attached hydrogen (secondary N) is 2. The van der Waals surface area contributed by atoms with Gasteiger partial charge in [0.15, 0.2) is 11.5 Å². The Balaban J connectivity index is 1.50. The highest BCUT2D eigenvalue weighted by Crippen LogP contribution is 2.39. The van der Waals surface area contributed by atoms with Crippen LogP contribution >= 0.6 is 11.6 Å². The Labute approximate surface area is 170 Å². The Hall–Kier alpha value is -2.97. The standard InChI is InChI=1S/C20H18ClFN6O/c21-14-7-16-20(28(10-23-16)18-8-15(26-27-18)11-1-2-11)25-19(14)24-17(9-29)12-3-5-13(22)6-4-12/h3-8,10-11,17,29H,1-2,9H2,(H,24,25)(H,26,27)/t17-/m0/s1. The van der Waals surface area contributed by atoms with E-state index < -0.39 is 6.04 Å². The summed E-state index contributed by atoms with van der Waals surface area (Å²) in [7, 11) is 0. The van der Waals surface area contributed by atoms with Gasteiger partial charge in [-0.15, -0.1) is 0 Å². The van der Waals surface area contributed by atoms with Crippen molar-refractivity contribution < 1.29 is 9.50 Å². The van der Waals surface area contributed by atoms with E-state index in [-0.39, 0.29) is 12.4 Å². The number of aromatic amines is 1. The maximum atomic E-state index is 13.2. The summed E-state index contributed by atoms with van der Waals surface area (Å²) in [5.41, 5.74) is 3.08. The van der Waals surface area contributed by atoms with E-state index in [2.05, 4.69) is 25.5 Å². The third kappa shape index (κ3) is 3.45. The summed E-state index contributed by atoms with van der Waals surface area (Å²) in [6.07, 6.45) is 4.02. The molecule has 4 aromatic rings. The number of hydrogen-bond acceptors (Lipinski definition) is 5. The van der Waals surface area contributed by atoms with E-state index in [1.807, 2.05) is 6.07 Å². The molecule has 1 aliphatic carbocycles. The van der Waals surface area contributed by atoms with Gasteiger partial charge >= 0.3 is 0 Å². The van der Waals surface area contributed by atoms with Crippen LogP contribution in [0.5, 0.6) is 0 Å². The van der Waals surface area contributed by atoms with Crippen LogP contribution in [0.3, 0.4) is 0 Å². The molecule has 3 heterocycles. The molecule has 0 spiro atoms. The highest BCUT2D eigenvalue weighted by molar-refractivity contribution is 6.33. The predicted octanol–water partition coefficient (Wildman–Crippen LogP) is 3.96. The Morgan fingerprint density at radius 1 is 1.28 bits per heavy atom. The number of aliphatic hydroxyl groups excluding tert-OH is 1. The van der Waals surface area contributed by atoms with Gasteiger partial charge in [-0.2, -0.15) is 5.10 Å². The van der Waals surface area contributed by atoms with E-state index in [1.165, 1.54) is 25.0 Å². The summed E-state index contributed by atoms with van der Waals surface area (Å²) < 4.78 is 15.0. The van der Waals surface area contributed by atoms with Crippen molar-refractivity contribution in [2.45, 2.75) is 24.8 Å². The lowest BCUT2D eigenvalue weighted by Gasteiger charge is -2.18. The fourth-order valence-electron chi connectivity index (χ4n) is 3.33. The van der Waals surface area contributed by atoms with Crippen molar-refractivity contribution in [2.75, 3.05) is 11.9 Å². The topological polar surface area (TPSA) is 91.6 Å². The maximum absolute atomic E-state index is 13.2. The molecule has 9 heteroatoms. The molecule has 5 rings (SSSR count). The Kier molecular flexibility index (Phi) is 4.44. The number of nitrogens with zero attached hydrogens (tertiary/aromatic N) is 4. The van der Waals surface area contributed by atoms with Gasteiger partial charge in [0.1, 0.15) is 23.5 Å². The Bertz CT molecular complexity index is 1170. The zero-order chi connectivity index (χ0) is 20.0. The molecular weight excluding hydrogens is 395 g/mol. The number of aliphatic hydroxyl groups is 1. The number of hydrogen-bond donors (Lipinski definition) is 3. The normalized spacial score (nSPS) is 15.0. The SMILES string of the molecule is OC[C@H](Nc1nc2c(cc1Cl)ncn2-c1cc(C2CC2)[nH]n1)c1ccc(F)cc1. The lowest BCUT2D eigenvalue weighted by molar-refractivity contribution is 0.276. The molecule has 0 unspecified atom stereocenters. The second-order valence-electron chi connectivity index (χ2n) is 7.16. The molecule has 0 bridgehead atoms. The van der Waals surface area contributed by atoms with Gasteiger partial charge in [0.2, 0.25) is 0 Å². The van der Waals surface area contributed by atoms with Crippen molar-refractivity contribution in [1.82, 2.24) is 24.7 Å². The molecule has 1 atom stereocenters. The average Bonchev–Trinajstić information content (AvgIpc) is 3.32. The molecule has 0 radical (unpaired) electrons. The smallest absolute Gasteiger partial charge is 0.168 e. The minimum atomic E-state index is -0.485. The highest BCUT2D eigenvalue weighted by atomic mass is 35.5. The van der Waals surface area contributed by atoms with Gasteiger partial charge in [-0.05, 0) is 36.6 Å². The van der Waals surface area contributed by atoms with Crippen molar-refractivity contribution in [2.24, 2.45) is 0 Å². The second kappa shape index (κ2) is 7.13. The third-order valence-electron chi connectivity index (χ3n) is 5.09. The van der Waals surface area contributed by atoms with Crippen molar-refractivity contribution in [3.8, 4) is 5.82 Å². The van der Waals surface area contributed by atoms with Crippen LogP contribution in [0, 0.1) is 5.82 Å². The van der Waals surface area contributed by atoms with Gasteiger partial charge in [-0.1, -0.05) is 23.7 Å². The number of fused-ring (bicyclic) bond motifs is 1. The molecule has 29 heavy (non-hydrogen) atoms. The molecule has 1 saturated carbocycles. The molecule has 0 amide bonds. The van der Waals surface area contributed by atoms with Gasteiger partial charge in [-0.25, -0.2) is 14.4 Å². The zero-order valence-electron chi connectivity index (χ0n) is 15.3. The lowest BCUT2D eigenvalue weighted by atomic mass is 10.1. The number of H-pyrrole nitrogens is 1. The minimum Gasteiger partial charge on any atom is -0.394 e. The Morgan fingerprint density at radius 3 is 2.79 bits per heavy atom. The van der Waals surface area contributed by atoms with Crippen LogP contribution in [0.25, 0.3) is 17.0 Å². The summed E-state index contributed by atoms with van der Waals surface area (Å²) in [6.45, 7) is -0.203. The van der Waals surface area contributed by atoms with Crippen molar-refractivity contribution in [3.05, 3.63) is 64.8 Å². The van der Waals surface area contributed by atoms with E-state index in [0.29, 0.717) is 33.7 Å². The van der Waals surface area contributed by atoms with Crippen molar-refractivity contribution in [1.29, 1.82) is 0 Å². The number of pyridine rings is 1. The molecule has 1 aliphatic rings. The summed E-state index contributed by atoms with van der Waals surface area (Å²) >= 11 is 6.39. The predicted molar refractivity (Wildman–Crippen MR) is 108 cm³/mol. The molecule has 3 aromatic heterocycles. The molecule has 1 aromatic carbocycles. The molecule has 148 valence electrons. The number of benzene rings is 1. The first-order valence-electron chi connectivity index (χ1n) is 9.34. The van der Waals surface area contributed by atoms with E-state index in [9.17, 15) is 9.50 Å². The summed E-state index contributed by atoms with van der Waals surface area (Å²) in [4.78, 5) is 9.01. The van der Waals surface area contributed by atoms with Crippen molar-refractivity contribution >= 4 is 28.6 Å². The Morgan fingerprint density at radius 2 is 2.07 bits per heavy atom. The van der Waals surface area contributed by atoms with E-state index >= 15 is 0 Å². The quantitative estimate of drug-likeness (QED) is 0.446. The molecule has 7 nitrogen and oxygen atoms in total. The minimum absolute atomic E-state index is 0.203. The van der Waals surface area contributed by atoms with E-state index in [4.69, 9.17) is 11.6 Å². The molecular formula is C20H18ClFN6O. The van der Waals surface area contributed by atoms with E-state index in [0.717, 1.165) is 11.3 Å². The fraction of sp³-hybridized carbons (Fsp3) is 0.250. The van der Waals surface area contributed by atoms with Crippen LogP contribution in [0.15, 0.2) is 42.7 Å². The molecule has 3 N–H and O–H groups in total. The van der Waals surface area contributed by atoms with E-state index in [1.54, 1.807) is 29.1 Å². The van der Waals surface area contributed by atoms with Gasteiger partial charge in [0.25, 0.3) is 0 Å². The summed E-state index contributed by atoms with van der Waals surface area (Å²) in [5, 5.41) is 20.8. The van der Waals surface area contributed by atoms with Crippen LogP contribution in [-0.2, 0) is 0 Å². The molecule has 1 fully saturated rings. The maximum Gasteiger partial charge on any atom is 0.168 e. The largest absolute Gasteiger partial charge is 0.394 e. The van der Waals surface area contributed by atoms with Gasteiger partial charge in [0.05, 0.1) is 17.7 Å². The van der Waals surface area contributed by atoms with Gasteiger partial charge < -0.3 is 10.4 Å². The fourth-order valence-corrected chi connectivity index (χ4v) is 3.53. The zero-order valence-corrected chi connectivity index (χ0v) is 16.1. The number of aromatic nitrogens is 5. The third-order valence-corrected chi connectivity index (χ3v) is 5.38. The number of anilines is 1. The monoisotopic (exact) mass is 412 g/mol. The highest BCUT2D eigenvalue weighted by Gasteiger charge is 2.26. The van der Waals surface area contributed by atoms with Crippen LogP contribution in [0.1, 0.15) is 36.1 Å².